The number of carbonyl (C=O) groups excluding carboxylic acids is 1. The van der Waals surface area contributed by atoms with E-state index in [4.69, 9.17) is 5.11 Å². The minimum absolute atomic E-state index is 0.315. The van der Waals surface area contributed by atoms with E-state index < -0.39 is 36.5 Å². The molecule has 3 N–H and O–H groups in total. The van der Waals surface area contributed by atoms with Crippen molar-refractivity contribution in [3.05, 3.63) is 18.0 Å². The van der Waals surface area contributed by atoms with Crippen LogP contribution in [0.5, 0.6) is 0 Å². The van der Waals surface area contributed by atoms with Crippen molar-refractivity contribution in [3.8, 4) is 0 Å². The van der Waals surface area contributed by atoms with Gasteiger partial charge in [-0.2, -0.15) is 17.6 Å². The topological polar surface area (TPSA) is 95.1 Å². The maximum absolute atomic E-state index is 12.9. The summed E-state index contributed by atoms with van der Waals surface area (Å²) in [5, 5.41) is 9.88. The molecular formula is C8H7F4N3O3. The minimum atomic E-state index is -5.21. The molecule has 0 saturated heterocycles. The van der Waals surface area contributed by atoms with Crippen LogP contribution < -0.4 is 5.32 Å². The molecule has 1 atom stereocenters. The molecule has 1 amide bonds. The molecule has 1 aromatic heterocycles. The predicted octanol–water partition coefficient (Wildman–Crippen LogP) is 0.223. The van der Waals surface area contributed by atoms with Crippen LogP contribution in [0.25, 0.3) is 0 Å². The first-order valence-electron chi connectivity index (χ1n) is 4.50. The summed E-state index contributed by atoms with van der Waals surface area (Å²) in [6.45, 7) is 0. The van der Waals surface area contributed by atoms with Gasteiger partial charge in [-0.1, -0.05) is 0 Å². The highest BCUT2D eigenvalue weighted by molar-refractivity contribution is 5.87. The molecule has 1 heterocycles. The monoisotopic (exact) mass is 269 g/mol. The molecule has 18 heavy (non-hydrogen) atoms. The van der Waals surface area contributed by atoms with Crippen molar-refractivity contribution >= 4 is 11.9 Å². The Morgan fingerprint density at radius 3 is 2.50 bits per heavy atom. The fraction of sp³-hybridized carbons (Fsp3) is 0.375. The average molecular weight is 269 g/mol. The summed E-state index contributed by atoms with van der Waals surface area (Å²) < 4.78 is 48.7. The summed E-state index contributed by atoms with van der Waals surface area (Å²) in [7, 11) is 0. The number of nitrogens with one attached hydrogen (secondary N) is 2. The summed E-state index contributed by atoms with van der Waals surface area (Å²) in [6, 6.07) is -1.91. The Kier molecular flexibility index (Phi) is 3.89. The number of rotatable bonds is 4. The number of carboxylic acid groups (broad SMARTS) is 1. The molecule has 0 aliphatic carbocycles. The lowest BCUT2D eigenvalue weighted by molar-refractivity contribution is -0.175. The van der Waals surface area contributed by atoms with Gasteiger partial charge >= 0.3 is 18.1 Å². The van der Waals surface area contributed by atoms with Gasteiger partial charge < -0.3 is 15.4 Å². The Morgan fingerprint density at radius 2 is 2.11 bits per heavy atom. The number of hydrogen-bond acceptors (Lipinski definition) is 3. The van der Waals surface area contributed by atoms with Gasteiger partial charge in [-0.3, -0.25) is 4.79 Å². The second kappa shape index (κ2) is 5.02. The van der Waals surface area contributed by atoms with Gasteiger partial charge in [0.25, 0.3) is 0 Å². The highest BCUT2D eigenvalue weighted by Gasteiger charge is 2.41. The number of halogens is 4. The molecule has 100 valence electrons. The SMILES string of the molecule is O=C(O)C(Cc1[nH]cnc1F)NC(=O)C(F)(F)F. The fourth-order valence-corrected chi connectivity index (χ4v) is 1.09. The van der Waals surface area contributed by atoms with E-state index in [9.17, 15) is 27.2 Å². The van der Waals surface area contributed by atoms with Gasteiger partial charge in [0.1, 0.15) is 6.04 Å². The smallest absolute Gasteiger partial charge is 0.471 e. The standard InChI is InChI=1S/C8H7F4N3O3/c9-5-3(13-2-14-5)1-4(6(16)17)15-7(18)8(10,11)12/h2,4H,1H2,(H,13,14)(H,15,18)(H,16,17). The largest absolute Gasteiger partial charge is 0.480 e. The third-order valence-corrected chi connectivity index (χ3v) is 1.93. The maximum Gasteiger partial charge on any atom is 0.471 e. The molecule has 0 spiro atoms. The lowest BCUT2D eigenvalue weighted by Gasteiger charge is -2.14. The van der Waals surface area contributed by atoms with Crippen molar-refractivity contribution in [1.82, 2.24) is 15.3 Å². The first kappa shape index (κ1) is 13.9. The second-order valence-corrected chi connectivity index (χ2v) is 3.24. The Bertz CT molecular complexity index is 457. The van der Waals surface area contributed by atoms with Crippen molar-refractivity contribution in [2.45, 2.75) is 18.6 Å². The lowest BCUT2D eigenvalue weighted by atomic mass is 10.1. The highest BCUT2D eigenvalue weighted by Crippen LogP contribution is 2.15. The van der Waals surface area contributed by atoms with Crippen LogP contribution in [0.1, 0.15) is 5.69 Å². The zero-order valence-electron chi connectivity index (χ0n) is 8.58. The number of nitrogens with zero attached hydrogens (tertiary/aromatic N) is 1. The lowest BCUT2D eigenvalue weighted by Crippen LogP contribution is -2.48. The van der Waals surface area contributed by atoms with Gasteiger partial charge in [-0.15, -0.1) is 0 Å². The number of hydrogen-bond donors (Lipinski definition) is 3. The molecule has 1 unspecified atom stereocenters. The summed E-state index contributed by atoms with van der Waals surface area (Å²) in [5.41, 5.74) is -0.315. The number of carbonyl (C=O) groups is 2. The summed E-state index contributed by atoms with van der Waals surface area (Å²) >= 11 is 0. The number of aliphatic carboxylic acids is 1. The van der Waals surface area contributed by atoms with Gasteiger partial charge in [0.2, 0.25) is 5.95 Å². The van der Waals surface area contributed by atoms with Crippen LogP contribution in [0, 0.1) is 5.95 Å². The number of carboxylic acids is 1. The van der Waals surface area contributed by atoms with Gasteiger partial charge in [0.15, 0.2) is 0 Å². The molecule has 0 aliphatic heterocycles. The van der Waals surface area contributed by atoms with E-state index in [1.54, 1.807) is 0 Å². The van der Waals surface area contributed by atoms with Crippen molar-refractivity contribution in [2.75, 3.05) is 0 Å². The Hall–Kier alpha value is -2.13. The molecule has 1 rings (SSSR count). The van der Waals surface area contributed by atoms with E-state index in [0.717, 1.165) is 6.33 Å². The first-order chi connectivity index (χ1) is 8.21. The molecule has 0 aromatic carbocycles. The van der Waals surface area contributed by atoms with Crippen LogP contribution in [0.2, 0.25) is 0 Å². The number of alkyl halides is 3. The zero-order chi connectivity index (χ0) is 13.9. The van der Waals surface area contributed by atoms with Crippen molar-refractivity contribution in [3.63, 3.8) is 0 Å². The molecule has 1 aromatic rings. The van der Waals surface area contributed by atoms with Crippen molar-refractivity contribution in [2.24, 2.45) is 0 Å². The van der Waals surface area contributed by atoms with Crippen LogP contribution in [-0.2, 0) is 16.0 Å². The molecule has 0 radical (unpaired) electrons. The van der Waals surface area contributed by atoms with Crippen LogP contribution in [-0.4, -0.2) is 39.2 Å². The maximum atomic E-state index is 12.9. The van der Waals surface area contributed by atoms with Gasteiger partial charge in [0.05, 0.1) is 12.0 Å². The number of aromatic nitrogens is 2. The zero-order valence-corrected chi connectivity index (χ0v) is 8.58. The number of imidazole rings is 1. The van der Waals surface area contributed by atoms with Crippen LogP contribution in [0.3, 0.4) is 0 Å². The average Bonchev–Trinajstić information content (AvgIpc) is 2.61. The molecule has 6 nitrogen and oxygen atoms in total. The molecular weight excluding hydrogens is 262 g/mol. The second-order valence-electron chi connectivity index (χ2n) is 3.24. The van der Waals surface area contributed by atoms with Gasteiger partial charge in [0, 0.05) is 6.42 Å². The predicted molar refractivity (Wildman–Crippen MR) is 47.9 cm³/mol. The molecule has 0 fully saturated rings. The number of aromatic amines is 1. The summed E-state index contributed by atoms with van der Waals surface area (Å²) in [4.78, 5) is 26.6. The first-order valence-corrected chi connectivity index (χ1v) is 4.50. The van der Waals surface area contributed by atoms with E-state index in [0.29, 0.717) is 0 Å². The van der Waals surface area contributed by atoms with E-state index in [2.05, 4.69) is 9.97 Å². The van der Waals surface area contributed by atoms with E-state index in [-0.39, 0.29) is 5.69 Å². The molecule has 0 aliphatic rings. The summed E-state index contributed by atoms with van der Waals surface area (Å²) in [5.74, 6) is -5.17. The van der Waals surface area contributed by atoms with Crippen molar-refractivity contribution < 1.29 is 32.3 Å². The number of H-pyrrole nitrogens is 1. The third-order valence-electron chi connectivity index (χ3n) is 1.93. The summed E-state index contributed by atoms with van der Waals surface area (Å²) in [6.07, 6.45) is -4.97. The Morgan fingerprint density at radius 1 is 1.50 bits per heavy atom. The van der Waals surface area contributed by atoms with Crippen LogP contribution >= 0.6 is 0 Å². The highest BCUT2D eigenvalue weighted by atomic mass is 19.4. The fourth-order valence-electron chi connectivity index (χ4n) is 1.09. The Labute approximate surface area is 97.0 Å². The minimum Gasteiger partial charge on any atom is -0.480 e. The normalized spacial score (nSPS) is 13.1. The van der Waals surface area contributed by atoms with E-state index >= 15 is 0 Å². The quantitative estimate of drug-likeness (QED) is 0.681. The van der Waals surface area contributed by atoms with Gasteiger partial charge in [-0.05, 0) is 0 Å². The third kappa shape index (κ3) is 3.43. The Balaban J connectivity index is 2.76. The van der Waals surface area contributed by atoms with Gasteiger partial charge in [-0.25, -0.2) is 9.78 Å². The molecule has 10 heteroatoms. The van der Waals surface area contributed by atoms with Crippen molar-refractivity contribution in [1.29, 1.82) is 0 Å². The van der Waals surface area contributed by atoms with Crippen LogP contribution in [0.15, 0.2) is 6.33 Å². The molecule has 0 saturated carbocycles. The van der Waals surface area contributed by atoms with Crippen LogP contribution in [0.4, 0.5) is 17.6 Å². The van der Waals surface area contributed by atoms with E-state index in [1.807, 2.05) is 0 Å². The number of amides is 1. The molecule has 0 bridgehead atoms. The van der Waals surface area contributed by atoms with E-state index in [1.165, 1.54) is 5.32 Å².